The van der Waals surface area contributed by atoms with Gasteiger partial charge in [-0.2, -0.15) is 0 Å². The first-order chi connectivity index (χ1) is 30.6. The van der Waals surface area contributed by atoms with Gasteiger partial charge in [-0.3, -0.25) is 4.79 Å². The fourth-order valence-electron chi connectivity index (χ4n) is 8.50. The van der Waals surface area contributed by atoms with E-state index < -0.39 is 0 Å². The molecule has 0 saturated heterocycles. The van der Waals surface area contributed by atoms with E-state index in [0.717, 1.165) is 84.0 Å². The van der Waals surface area contributed by atoms with Crippen LogP contribution in [0.1, 0.15) is 5.56 Å². The van der Waals surface area contributed by atoms with Crippen LogP contribution >= 0.6 is 0 Å². The summed E-state index contributed by atoms with van der Waals surface area (Å²) in [6.45, 7) is 2.15. The zero-order valence-corrected chi connectivity index (χ0v) is 34.3. The Hall–Kier alpha value is -8.21. The van der Waals surface area contributed by atoms with E-state index in [-0.39, 0.29) is 5.43 Å². The number of fused-ring (bicyclic) bond motifs is 2. The minimum absolute atomic E-state index is 0.0472. The summed E-state index contributed by atoms with van der Waals surface area (Å²) in [6.07, 6.45) is 0. The number of anilines is 9. The third-order valence-electron chi connectivity index (χ3n) is 11.5. The van der Waals surface area contributed by atoms with Crippen molar-refractivity contribution < 1.29 is 0 Å². The number of aryl methyl sites for hydroxylation is 1. The Labute approximate surface area is 362 Å². The van der Waals surface area contributed by atoms with Crippen LogP contribution in [0.25, 0.3) is 32.7 Å². The number of hydrogen-bond acceptors (Lipinski definition) is 4. The van der Waals surface area contributed by atoms with Gasteiger partial charge in [-0.05, 0) is 150 Å². The molecule has 10 rings (SSSR count). The van der Waals surface area contributed by atoms with Crippen molar-refractivity contribution >= 4 is 72.7 Å². The summed E-state index contributed by atoms with van der Waals surface area (Å²) in [5.74, 6) is 0. The van der Waals surface area contributed by atoms with Crippen molar-refractivity contribution in [3.63, 3.8) is 0 Å². The molecular weight excluding hydrogens is 755 g/mol. The molecule has 0 fully saturated rings. The second-order valence-electron chi connectivity index (χ2n) is 15.4. The van der Waals surface area contributed by atoms with Crippen LogP contribution in [-0.2, 0) is 0 Å². The zero-order chi connectivity index (χ0) is 41.8. The quantitative estimate of drug-likeness (QED) is 0.138. The Morgan fingerprint density at radius 3 is 1.06 bits per heavy atom. The summed E-state index contributed by atoms with van der Waals surface area (Å²) < 4.78 is 0. The fraction of sp³-hybridized carbons (Fsp3) is 0.0172. The second-order valence-corrected chi connectivity index (χ2v) is 15.4. The van der Waals surface area contributed by atoms with Gasteiger partial charge < -0.3 is 14.7 Å². The molecule has 4 nitrogen and oxygen atoms in total. The molecule has 0 N–H and O–H groups in total. The predicted octanol–water partition coefficient (Wildman–Crippen LogP) is 15.7. The molecule has 62 heavy (non-hydrogen) atoms. The molecule has 0 aliphatic heterocycles. The van der Waals surface area contributed by atoms with Gasteiger partial charge in [0.1, 0.15) is 0 Å². The van der Waals surface area contributed by atoms with E-state index in [1.807, 2.05) is 60.7 Å². The smallest absolute Gasteiger partial charge is 0.194 e. The molecule has 0 aromatic heterocycles. The largest absolute Gasteiger partial charge is 0.311 e. The topological polar surface area (TPSA) is 26.8 Å². The third kappa shape index (κ3) is 7.46. The van der Waals surface area contributed by atoms with Crippen LogP contribution in [0.4, 0.5) is 51.2 Å². The number of rotatable bonds is 10. The lowest BCUT2D eigenvalue weighted by Crippen LogP contribution is -2.13. The van der Waals surface area contributed by atoms with Crippen LogP contribution < -0.4 is 20.1 Å². The molecule has 296 valence electrons. The molecule has 0 aliphatic carbocycles. The molecule has 0 unspecified atom stereocenters. The van der Waals surface area contributed by atoms with Gasteiger partial charge in [0.15, 0.2) is 5.43 Å². The molecule has 0 spiro atoms. The van der Waals surface area contributed by atoms with E-state index >= 15 is 0 Å². The normalized spacial score (nSPS) is 11.0. The molecule has 10 aromatic carbocycles. The van der Waals surface area contributed by atoms with Crippen molar-refractivity contribution in [3.05, 3.63) is 258 Å². The Morgan fingerprint density at radius 1 is 0.290 bits per heavy atom. The first-order valence-corrected chi connectivity index (χ1v) is 21.0. The van der Waals surface area contributed by atoms with Crippen molar-refractivity contribution in [3.8, 4) is 11.1 Å². The Kier molecular flexibility index (Phi) is 10.3. The number of nitrogens with zero attached hydrogens (tertiary/aromatic N) is 3. The summed E-state index contributed by atoms with van der Waals surface area (Å²) in [7, 11) is 0. The minimum atomic E-state index is 0.0472. The molecule has 0 bridgehead atoms. The molecule has 0 radical (unpaired) electrons. The van der Waals surface area contributed by atoms with Gasteiger partial charge in [0.05, 0.1) is 0 Å². The van der Waals surface area contributed by atoms with E-state index in [0.29, 0.717) is 5.39 Å². The van der Waals surface area contributed by atoms with Gasteiger partial charge in [-0.1, -0.05) is 127 Å². The first kappa shape index (κ1) is 38.0. The summed E-state index contributed by atoms with van der Waals surface area (Å²) >= 11 is 0. The van der Waals surface area contributed by atoms with Gasteiger partial charge in [-0.25, -0.2) is 0 Å². The van der Waals surface area contributed by atoms with Crippen LogP contribution in [0.3, 0.4) is 0 Å². The van der Waals surface area contributed by atoms with Crippen molar-refractivity contribution in [1.29, 1.82) is 0 Å². The fourth-order valence-corrected chi connectivity index (χ4v) is 8.50. The number of benzene rings is 9. The Morgan fingerprint density at radius 2 is 0.629 bits per heavy atom. The zero-order valence-electron chi connectivity index (χ0n) is 34.3. The molecular formula is C58H43N3O. The molecule has 0 amide bonds. The first-order valence-electron chi connectivity index (χ1n) is 21.0. The van der Waals surface area contributed by atoms with E-state index in [1.165, 1.54) is 0 Å². The highest BCUT2D eigenvalue weighted by atomic mass is 16.1. The maximum absolute atomic E-state index is 13.9. The average molecular weight is 798 g/mol. The predicted molar refractivity (Wildman–Crippen MR) is 262 cm³/mol. The van der Waals surface area contributed by atoms with Crippen molar-refractivity contribution in [2.75, 3.05) is 14.7 Å². The van der Waals surface area contributed by atoms with Gasteiger partial charge in [0.25, 0.3) is 0 Å². The third-order valence-corrected chi connectivity index (χ3v) is 11.5. The SMILES string of the molecule is Cc1cc(N(c2ccc(N(c3ccccc3)c3ccccc3)cc2)c2ccc(N(c3ccccc3)c3ccccc3)cc2)ccc1-c1ccc2ccc3ccccc3c(=O)c2c1. The summed E-state index contributed by atoms with van der Waals surface area (Å²) in [5, 5.41) is 3.32. The van der Waals surface area contributed by atoms with Gasteiger partial charge in [0.2, 0.25) is 0 Å². The molecule has 0 saturated carbocycles. The van der Waals surface area contributed by atoms with Crippen molar-refractivity contribution in [1.82, 2.24) is 0 Å². The van der Waals surface area contributed by atoms with E-state index in [9.17, 15) is 4.79 Å². The molecule has 0 aliphatic rings. The molecule has 0 heterocycles. The van der Waals surface area contributed by atoms with Crippen LogP contribution in [0.2, 0.25) is 0 Å². The van der Waals surface area contributed by atoms with Crippen LogP contribution in [0, 0.1) is 6.92 Å². The number of para-hydroxylation sites is 4. The molecule has 4 heteroatoms. The lowest BCUT2D eigenvalue weighted by Gasteiger charge is -2.30. The maximum atomic E-state index is 13.9. The van der Waals surface area contributed by atoms with Crippen molar-refractivity contribution in [2.45, 2.75) is 6.92 Å². The lowest BCUT2D eigenvalue weighted by molar-refractivity contribution is 1.24. The summed E-state index contributed by atoms with van der Waals surface area (Å²) in [6, 6.07) is 84.3. The van der Waals surface area contributed by atoms with E-state index in [1.54, 1.807) is 0 Å². The average Bonchev–Trinajstić information content (AvgIpc) is 3.47. The van der Waals surface area contributed by atoms with Crippen LogP contribution in [-0.4, -0.2) is 0 Å². The van der Waals surface area contributed by atoms with Crippen LogP contribution in [0.5, 0.6) is 0 Å². The second kappa shape index (κ2) is 16.8. The van der Waals surface area contributed by atoms with Gasteiger partial charge >= 0.3 is 0 Å². The molecule has 0 atom stereocenters. The van der Waals surface area contributed by atoms with Crippen LogP contribution in [0.15, 0.2) is 247 Å². The van der Waals surface area contributed by atoms with Gasteiger partial charge in [0, 0.05) is 62.0 Å². The Balaban J connectivity index is 1.07. The lowest BCUT2D eigenvalue weighted by atomic mass is 9.97. The highest BCUT2D eigenvalue weighted by molar-refractivity contribution is 5.95. The standard InChI is InChI=1S/C58H43N3O/c1-42-40-54(38-39-55(42)45-29-28-44-27-26-43-16-14-15-25-56(43)58(62)57(44)41-45)61(52-34-30-50(31-35-52)59(46-17-6-2-7-18-46)47-19-8-3-9-20-47)53-36-32-51(33-37-53)60(48-21-10-4-11-22-48)49-23-12-5-13-24-49/h2-41H,1H3. The molecule has 10 aromatic rings. The van der Waals surface area contributed by atoms with Gasteiger partial charge in [-0.15, -0.1) is 0 Å². The number of hydrogen-bond donors (Lipinski definition) is 0. The van der Waals surface area contributed by atoms with Crippen molar-refractivity contribution in [2.24, 2.45) is 0 Å². The monoisotopic (exact) mass is 797 g/mol. The minimum Gasteiger partial charge on any atom is -0.311 e. The summed E-state index contributed by atoms with van der Waals surface area (Å²) in [4.78, 5) is 20.7. The highest BCUT2D eigenvalue weighted by Gasteiger charge is 2.19. The summed E-state index contributed by atoms with van der Waals surface area (Å²) in [5.41, 5.74) is 12.8. The maximum Gasteiger partial charge on any atom is 0.194 e. The van der Waals surface area contributed by atoms with E-state index in [2.05, 4.69) is 204 Å². The van der Waals surface area contributed by atoms with E-state index in [4.69, 9.17) is 0 Å². The highest BCUT2D eigenvalue weighted by Crippen LogP contribution is 2.42. The Bertz CT molecular complexity index is 2990.